The van der Waals surface area contributed by atoms with Gasteiger partial charge in [-0.05, 0) is 19.2 Å². The quantitative estimate of drug-likeness (QED) is 0.852. The summed E-state index contributed by atoms with van der Waals surface area (Å²) in [6.07, 6.45) is 0. The van der Waals surface area contributed by atoms with E-state index in [1.807, 2.05) is 0 Å². The zero-order chi connectivity index (χ0) is 14.5. The highest BCUT2D eigenvalue weighted by Gasteiger charge is 2.14. The lowest BCUT2D eigenvalue weighted by atomic mass is 10.2. The lowest BCUT2D eigenvalue weighted by Crippen LogP contribution is -2.46. The number of piperazine rings is 1. The van der Waals surface area contributed by atoms with Crippen LogP contribution in [0.15, 0.2) is 12.1 Å². The second kappa shape index (κ2) is 7.22. The fourth-order valence-electron chi connectivity index (χ4n) is 2.10. The summed E-state index contributed by atoms with van der Waals surface area (Å²) in [6.45, 7) is 5.69. The topological polar surface area (TPSA) is 48.5 Å². The number of amides is 1. The van der Waals surface area contributed by atoms with Gasteiger partial charge in [0.15, 0.2) is 0 Å². The van der Waals surface area contributed by atoms with Crippen molar-refractivity contribution in [3.63, 3.8) is 0 Å². The van der Waals surface area contributed by atoms with Crippen LogP contribution in [0.4, 0.5) is 0 Å². The molecule has 1 aromatic rings. The van der Waals surface area contributed by atoms with Crippen molar-refractivity contribution in [2.45, 2.75) is 0 Å². The predicted molar refractivity (Wildman–Crippen MR) is 80.5 cm³/mol. The molecule has 2 heterocycles. The number of hydrogen-bond acceptors (Lipinski definition) is 4. The first kappa shape index (κ1) is 15.5. The standard InChI is InChI=1S/C13H18Cl2N4O/c1-18-4-6-19(7-5-18)3-2-16-13(20)10-8-11(14)17-12(15)9-10/h8-9H,2-7H2,1H3,(H,16,20). The molecule has 1 fully saturated rings. The van der Waals surface area contributed by atoms with Gasteiger partial charge in [0.05, 0.1) is 0 Å². The van der Waals surface area contributed by atoms with E-state index in [1.165, 1.54) is 12.1 Å². The van der Waals surface area contributed by atoms with E-state index >= 15 is 0 Å². The largest absolute Gasteiger partial charge is 0.351 e. The van der Waals surface area contributed by atoms with E-state index in [2.05, 4.69) is 27.1 Å². The summed E-state index contributed by atoms with van der Waals surface area (Å²) in [5, 5.41) is 3.32. The van der Waals surface area contributed by atoms with Crippen LogP contribution >= 0.6 is 23.2 Å². The molecule has 0 unspecified atom stereocenters. The van der Waals surface area contributed by atoms with Crippen LogP contribution in [0.2, 0.25) is 10.3 Å². The Morgan fingerprint density at radius 1 is 1.25 bits per heavy atom. The highest BCUT2D eigenvalue weighted by Crippen LogP contribution is 2.14. The number of carbonyl (C=O) groups is 1. The molecule has 1 aliphatic heterocycles. The molecule has 0 atom stereocenters. The summed E-state index contributed by atoms with van der Waals surface area (Å²) < 4.78 is 0. The summed E-state index contributed by atoms with van der Waals surface area (Å²) >= 11 is 11.6. The number of hydrogen-bond donors (Lipinski definition) is 1. The van der Waals surface area contributed by atoms with Gasteiger partial charge in [-0.15, -0.1) is 0 Å². The summed E-state index contributed by atoms with van der Waals surface area (Å²) in [6, 6.07) is 3.03. The van der Waals surface area contributed by atoms with Crippen molar-refractivity contribution in [3.05, 3.63) is 28.0 Å². The Bertz CT molecular complexity index is 455. The molecule has 0 spiro atoms. The summed E-state index contributed by atoms with van der Waals surface area (Å²) in [4.78, 5) is 20.4. The fraction of sp³-hybridized carbons (Fsp3) is 0.538. The molecule has 5 nitrogen and oxygen atoms in total. The number of rotatable bonds is 4. The van der Waals surface area contributed by atoms with Gasteiger partial charge < -0.3 is 10.2 Å². The second-order valence-corrected chi connectivity index (χ2v) is 5.68. The van der Waals surface area contributed by atoms with Crippen LogP contribution in [-0.2, 0) is 0 Å². The molecule has 2 rings (SSSR count). The Hall–Kier alpha value is -0.880. The molecule has 1 saturated heterocycles. The number of pyridine rings is 1. The average molecular weight is 317 g/mol. The normalized spacial score (nSPS) is 17.1. The van der Waals surface area contributed by atoms with Crippen LogP contribution in [-0.4, -0.2) is 67.0 Å². The first-order valence-corrected chi connectivity index (χ1v) is 7.32. The SMILES string of the molecule is CN1CCN(CCNC(=O)c2cc(Cl)nc(Cl)c2)CC1. The highest BCUT2D eigenvalue weighted by molar-refractivity contribution is 6.33. The molecular formula is C13H18Cl2N4O. The van der Waals surface area contributed by atoms with Crippen LogP contribution in [0, 0.1) is 0 Å². The van der Waals surface area contributed by atoms with Crippen molar-refractivity contribution in [3.8, 4) is 0 Å². The van der Waals surface area contributed by atoms with Crippen LogP contribution < -0.4 is 5.32 Å². The van der Waals surface area contributed by atoms with E-state index in [1.54, 1.807) is 0 Å². The average Bonchev–Trinajstić information content (AvgIpc) is 2.40. The Balaban J connectivity index is 1.77. The van der Waals surface area contributed by atoms with Crippen LogP contribution in [0.3, 0.4) is 0 Å². The molecule has 1 aromatic heterocycles. The molecule has 1 N–H and O–H groups in total. The second-order valence-electron chi connectivity index (χ2n) is 4.90. The van der Waals surface area contributed by atoms with Crippen LogP contribution in [0.25, 0.3) is 0 Å². The van der Waals surface area contributed by atoms with Crippen molar-refractivity contribution in [1.82, 2.24) is 20.1 Å². The van der Waals surface area contributed by atoms with Gasteiger partial charge in [-0.25, -0.2) is 4.98 Å². The smallest absolute Gasteiger partial charge is 0.251 e. The van der Waals surface area contributed by atoms with Crippen molar-refractivity contribution in [2.24, 2.45) is 0 Å². The van der Waals surface area contributed by atoms with Crippen LogP contribution in [0.5, 0.6) is 0 Å². The Kier molecular flexibility index (Phi) is 5.60. The maximum atomic E-state index is 12.0. The van der Waals surface area contributed by atoms with E-state index in [9.17, 15) is 4.79 Å². The molecule has 1 aliphatic rings. The fourth-order valence-corrected chi connectivity index (χ4v) is 2.56. The van der Waals surface area contributed by atoms with Gasteiger partial charge in [-0.2, -0.15) is 0 Å². The van der Waals surface area contributed by atoms with Crippen LogP contribution in [0.1, 0.15) is 10.4 Å². The molecule has 0 aliphatic carbocycles. The minimum Gasteiger partial charge on any atom is -0.351 e. The lowest BCUT2D eigenvalue weighted by molar-refractivity contribution is 0.0941. The Morgan fingerprint density at radius 3 is 2.45 bits per heavy atom. The zero-order valence-electron chi connectivity index (χ0n) is 11.4. The molecule has 0 radical (unpaired) electrons. The molecule has 0 aromatic carbocycles. The first-order chi connectivity index (χ1) is 9.54. The summed E-state index contributed by atoms with van der Waals surface area (Å²) in [5.41, 5.74) is 0.438. The van der Waals surface area contributed by atoms with E-state index in [0.717, 1.165) is 32.7 Å². The summed E-state index contributed by atoms with van der Waals surface area (Å²) in [5.74, 6) is -0.176. The molecular weight excluding hydrogens is 299 g/mol. The van der Waals surface area contributed by atoms with Crippen molar-refractivity contribution < 1.29 is 4.79 Å². The van der Waals surface area contributed by atoms with Gasteiger partial charge in [-0.3, -0.25) is 9.69 Å². The number of likely N-dealkylation sites (N-methyl/N-ethyl adjacent to an activating group) is 1. The molecule has 110 valence electrons. The van der Waals surface area contributed by atoms with Gasteiger partial charge in [-0.1, -0.05) is 23.2 Å². The molecule has 20 heavy (non-hydrogen) atoms. The van der Waals surface area contributed by atoms with Gasteiger partial charge in [0, 0.05) is 44.8 Å². The van der Waals surface area contributed by atoms with Gasteiger partial charge >= 0.3 is 0 Å². The maximum Gasteiger partial charge on any atom is 0.251 e. The maximum absolute atomic E-state index is 12.0. The summed E-state index contributed by atoms with van der Waals surface area (Å²) in [7, 11) is 2.12. The van der Waals surface area contributed by atoms with Gasteiger partial charge in [0.2, 0.25) is 0 Å². The number of halogens is 2. The number of nitrogens with one attached hydrogen (secondary N) is 1. The number of aromatic nitrogens is 1. The third kappa shape index (κ3) is 4.59. The highest BCUT2D eigenvalue weighted by atomic mass is 35.5. The lowest BCUT2D eigenvalue weighted by Gasteiger charge is -2.32. The first-order valence-electron chi connectivity index (χ1n) is 6.57. The molecule has 0 saturated carbocycles. The molecule has 0 bridgehead atoms. The van der Waals surface area contributed by atoms with Crippen molar-refractivity contribution >= 4 is 29.1 Å². The molecule has 1 amide bonds. The number of carbonyl (C=O) groups excluding carboxylic acids is 1. The predicted octanol–water partition coefficient (Wildman–Crippen LogP) is 1.37. The van der Waals surface area contributed by atoms with E-state index in [4.69, 9.17) is 23.2 Å². The van der Waals surface area contributed by atoms with E-state index in [0.29, 0.717) is 12.1 Å². The van der Waals surface area contributed by atoms with Crippen molar-refractivity contribution in [2.75, 3.05) is 46.3 Å². The zero-order valence-corrected chi connectivity index (χ0v) is 12.9. The van der Waals surface area contributed by atoms with Gasteiger partial charge in [0.1, 0.15) is 10.3 Å². The van der Waals surface area contributed by atoms with E-state index < -0.39 is 0 Å². The number of nitrogens with zero attached hydrogens (tertiary/aromatic N) is 3. The Morgan fingerprint density at radius 2 is 1.85 bits per heavy atom. The van der Waals surface area contributed by atoms with Gasteiger partial charge in [0.25, 0.3) is 5.91 Å². The van der Waals surface area contributed by atoms with Crippen molar-refractivity contribution in [1.29, 1.82) is 0 Å². The molecule has 7 heteroatoms. The van der Waals surface area contributed by atoms with E-state index in [-0.39, 0.29) is 16.2 Å². The Labute approximate surface area is 128 Å². The monoisotopic (exact) mass is 316 g/mol. The third-order valence-corrected chi connectivity index (χ3v) is 3.72. The third-order valence-electron chi connectivity index (χ3n) is 3.33. The minimum atomic E-state index is -0.176. The minimum absolute atomic E-state index is 0.176.